The number of para-hydroxylation sites is 2. The predicted octanol–water partition coefficient (Wildman–Crippen LogP) is 3.98. The molecule has 0 saturated carbocycles. The number of hydrogen-bond acceptors (Lipinski definition) is 5. The quantitative estimate of drug-likeness (QED) is 0.297. The van der Waals surface area contributed by atoms with Crippen LogP contribution in [0.25, 0.3) is 22.4 Å². The smallest absolute Gasteiger partial charge is 0.243 e. The number of nitriles is 1. The summed E-state index contributed by atoms with van der Waals surface area (Å²) in [6.07, 6.45) is 0. The molecular formula is C20H18Cl2N4O3S. The van der Waals surface area contributed by atoms with Gasteiger partial charge in [-0.05, 0) is 36.4 Å². The minimum atomic E-state index is -3.78. The molecule has 0 bridgehead atoms. The zero-order chi connectivity index (χ0) is 21.7. The van der Waals surface area contributed by atoms with Gasteiger partial charge in [-0.3, -0.25) is 0 Å². The second-order valence-corrected chi connectivity index (χ2v) is 8.94. The number of aliphatic hydroxyl groups excluding tert-OH is 1. The van der Waals surface area contributed by atoms with Gasteiger partial charge >= 0.3 is 0 Å². The van der Waals surface area contributed by atoms with Crippen LogP contribution in [0.5, 0.6) is 0 Å². The zero-order valence-corrected chi connectivity index (χ0v) is 18.0. The first kappa shape index (κ1) is 22.1. The van der Waals surface area contributed by atoms with E-state index in [0.717, 1.165) is 5.52 Å². The number of halogens is 2. The lowest BCUT2D eigenvalue weighted by Gasteiger charge is -2.20. The number of H-pyrrole nitrogens is 1. The molecule has 3 rings (SSSR count). The molecule has 3 aromatic rings. The summed E-state index contributed by atoms with van der Waals surface area (Å²) in [7, 11) is -3.78. The number of benzene rings is 2. The van der Waals surface area contributed by atoms with Gasteiger partial charge in [0, 0.05) is 30.4 Å². The maximum atomic E-state index is 12.8. The molecule has 1 aromatic heterocycles. The second-order valence-electron chi connectivity index (χ2n) is 6.24. The maximum Gasteiger partial charge on any atom is 0.243 e. The summed E-state index contributed by atoms with van der Waals surface area (Å²) < 4.78 is 26.7. The van der Waals surface area contributed by atoms with Crippen LogP contribution in [0.15, 0.2) is 53.4 Å². The Kier molecular flexibility index (Phi) is 7.00. The van der Waals surface area contributed by atoms with Gasteiger partial charge in [0.2, 0.25) is 10.0 Å². The molecule has 10 heteroatoms. The van der Waals surface area contributed by atoms with Crippen LogP contribution in [0.3, 0.4) is 0 Å². The van der Waals surface area contributed by atoms with Gasteiger partial charge in [0.05, 0.1) is 15.9 Å². The van der Waals surface area contributed by atoms with E-state index in [-0.39, 0.29) is 52.5 Å². The molecule has 0 amide bonds. The Morgan fingerprint density at radius 1 is 1.10 bits per heavy atom. The van der Waals surface area contributed by atoms with Gasteiger partial charge in [-0.2, -0.15) is 9.57 Å². The number of hydrogen-bond donors (Lipinski definition) is 2. The summed E-state index contributed by atoms with van der Waals surface area (Å²) in [4.78, 5) is 7.36. The minimum Gasteiger partial charge on any atom is -0.506 e. The molecule has 0 fully saturated rings. The summed E-state index contributed by atoms with van der Waals surface area (Å²) in [6.45, 7) is 0.266. The van der Waals surface area contributed by atoms with Gasteiger partial charge in [-0.25, -0.2) is 13.4 Å². The first-order valence-electron chi connectivity index (χ1n) is 8.93. The summed E-state index contributed by atoms with van der Waals surface area (Å²) in [6, 6.07) is 14.8. The van der Waals surface area contributed by atoms with E-state index in [0.29, 0.717) is 5.52 Å². The van der Waals surface area contributed by atoms with Gasteiger partial charge < -0.3 is 10.1 Å². The lowest BCUT2D eigenvalue weighted by Crippen LogP contribution is -2.34. The van der Waals surface area contributed by atoms with Gasteiger partial charge in [-0.15, -0.1) is 23.2 Å². The number of rotatable bonds is 8. The summed E-state index contributed by atoms with van der Waals surface area (Å²) in [5.41, 5.74) is 1.63. The van der Waals surface area contributed by atoms with E-state index in [1.54, 1.807) is 6.07 Å². The van der Waals surface area contributed by atoms with Crippen LogP contribution in [0.4, 0.5) is 0 Å². The van der Waals surface area contributed by atoms with Gasteiger partial charge in [0.25, 0.3) is 0 Å². The fourth-order valence-electron chi connectivity index (χ4n) is 2.91. The van der Waals surface area contributed by atoms with Crippen LogP contribution in [-0.4, -0.2) is 52.6 Å². The van der Waals surface area contributed by atoms with E-state index in [1.165, 1.54) is 28.6 Å². The van der Waals surface area contributed by atoms with Crippen molar-refractivity contribution in [3.63, 3.8) is 0 Å². The third-order valence-corrected chi connectivity index (χ3v) is 6.66. The average Bonchev–Trinajstić information content (AvgIpc) is 3.18. The molecule has 156 valence electrons. The third kappa shape index (κ3) is 4.45. The summed E-state index contributed by atoms with van der Waals surface area (Å²) >= 11 is 11.4. The number of allylic oxidation sites excluding steroid dienone is 1. The average molecular weight is 465 g/mol. The van der Waals surface area contributed by atoms with Crippen molar-refractivity contribution in [2.75, 3.05) is 24.8 Å². The molecular weight excluding hydrogens is 447 g/mol. The molecule has 30 heavy (non-hydrogen) atoms. The van der Waals surface area contributed by atoms with Crippen LogP contribution < -0.4 is 0 Å². The Balaban J connectivity index is 1.96. The van der Waals surface area contributed by atoms with Gasteiger partial charge in [-0.1, -0.05) is 12.1 Å². The molecule has 0 unspecified atom stereocenters. The molecule has 2 aromatic carbocycles. The zero-order valence-electron chi connectivity index (χ0n) is 15.7. The molecule has 0 spiro atoms. The number of nitrogens with zero attached hydrogens (tertiary/aromatic N) is 3. The Bertz CT molecular complexity index is 1180. The highest BCUT2D eigenvalue weighted by molar-refractivity contribution is 7.89. The van der Waals surface area contributed by atoms with Crippen molar-refractivity contribution >= 4 is 55.6 Å². The Morgan fingerprint density at radius 2 is 1.73 bits per heavy atom. The predicted molar refractivity (Wildman–Crippen MR) is 118 cm³/mol. The number of aliphatic hydroxyl groups is 1. The van der Waals surface area contributed by atoms with Crippen molar-refractivity contribution < 1.29 is 13.5 Å². The fourth-order valence-corrected chi connectivity index (χ4v) is 4.96. The fraction of sp³-hybridized carbons (Fsp3) is 0.200. The number of fused-ring (bicyclic) bond motifs is 1. The maximum absolute atomic E-state index is 12.8. The van der Waals surface area contributed by atoms with Crippen molar-refractivity contribution in [3.8, 4) is 6.07 Å². The molecule has 7 nitrogen and oxygen atoms in total. The highest BCUT2D eigenvalue weighted by atomic mass is 35.5. The molecule has 0 atom stereocenters. The highest BCUT2D eigenvalue weighted by Gasteiger charge is 2.24. The van der Waals surface area contributed by atoms with Gasteiger partial charge in [0.15, 0.2) is 5.82 Å². The lowest BCUT2D eigenvalue weighted by atomic mass is 10.1. The van der Waals surface area contributed by atoms with Crippen molar-refractivity contribution in [1.82, 2.24) is 14.3 Å². The number of alkyl halides is 2. The van der Waals surface area contributed by atoms with E-state index in [2.05, 4.69) is 9.97 Å². The second kappa shape index (κ2) is 9.49. The van der Waals surface area contributed by atoms with E-state index in [1.807, 2.05) is 24.3 Å². The number of sulfonamides is 1. The first-order valence-corrected chi connectivity index (χ1v) is 11.4. The number of aromatic nitrogens is 2. The SMILES string of the molecule is N#C/C(=C(/O)c1ccc(S(=O)(=O)N(CCCl)CCCl)cc1)c1nc2ccccc2[nH]1. The number of imidazole rings is 1. The largest absolute Gasteiger partial charge is 0.506 e. The number of nitrogens with one attached hydrogen (secondary N) is 1. The molecule has 0 radical (unpaired) electrons. The van der Waals surface area contributed by atoms with Crippen molar-refractivity contribution in [3.05, 3.63) is 59.9 Å². The van der Waals surface area contributed by atoms with Crippen LogP contribution in [0.2, 0.25) is 0 Å². The molecule has 0 aliphatic carbocycles. The van der Waals surface area contributed by atoms with E-state index >= 15 is 0 Å². The normalized spacial score (nSPS) is 12.7. The Morgan fingerprint density at radius 3 is 2.30 bits per heavy atom. The Labute approximate surface area is 184 Å². The molecule has 2 N–H and O–H groups in total. The van der Waals surface area contributed by atoms with Crippen molar-refractivity contribution in [2.24, 2.45) is 0 Å². The van der Waals surface area contributed by atoms with Crippen LogP contribution >= 0.6 is 23.2 Å². The molecule has 0 saturated heterocycles. The minimum absolute atomic E-state index is 0.0385. The van der Waals surface area contributed by atoms with Gasteiger partial charge in [0.1, 0.15) is 17.4 Å². The van der Waals surface area contributed by atoms with Crippen LogP contribution in [-0.2, 0) is 10.0 Å². The molecule has 1 heterocycles. The van der Waals surface area contributed by atoms with E-state index in [4.69, 9.17) is 23.2 Å². The molecule has 0 aliphatic heterocycles. The standard InChI is InChI=1S/C20H18Cl2N4O3S/c21-9-11-26(12-10-22)30(28,29)15-7-5-14(6-8-15)19(27)16(13-23)20-24-17-3-1-2-4-18(17)25-20/h1-8,27H,9-12H2,(H,24,25)/b19-16-. The summed E-state index contributed by atoms with van der Waals surface area (Å²) in [5, 5.41) is 20.2. The lowest BCUT2D eigenvalue weighted by molar-refractivity contribution is 0.448. The number of aromatic amines is 1. The van der Waals surface area contributed by atoms with Crippen LogP contribution in [0, 0.1) is 11.3 Å². The highest BCUT2D eigenvalue weighted by Crippen LogP contribution is 2.26. The van der Waals surface area contributed by atoms with Crippen LogP contribution in [0.1, 0.15) is 11.4 Å². The molecule has 0 aliphatic rings. The Hall–Kier alpha value is -2.57. The monoisotopic (exact) mass is 464 g/mol. The topological polar surface area (TPSA) is 110 Å². The third-order valence-electron chi connectivity index (χ3n) is 4.41. The summed E-state index contributed by atoms with van der Waals surface area (Å²) in [5.74, 6) is 0.198. The van der Waals surface area contributed by atoms with E-state index in [9.17, 15) is 18.8 Å². The first-order chi connectivity index (χ1) is 14.4. The van der Waals surface area contributed by atoms with Crippen molar-refractivity contribution in [2.45, 2.75) is 4.90 Å². The van der Waals surface area contributed by atoms with E-state index < -0.39 is 10.0 Å². The van der Waals surface area contributed by atoms with Crippen molar-refractivity contribution in [1.29, 1.82) is 5.26 Å².